The molecule has 0 radical (unpaired) electrons. The van der Waals surface area contributed by atoms with Gasteiger partial charge in [-0.3, -0.25) is 0 Å². The van der Waals surface area contributed by atoms with Crippen molar-refractivity contribution < 1.29 is 5.11 Å². The highest BCUT2D eigenvalue weighted by Crippen LogP contribution is 2.23. The average molecular weight is 242 g/mol. The Hall–Kier alpha value is -1.87. The first kappa shape index (κ1) is 12.6. The van der Waals surface area contributed by atoms with E-state index in [2.05, 4.69) is 11.1 Å². The molecule has 3 nitrogen and oxygen atoms in total. The highest BCUT2D eigenvalue weighted by molar-refractivity contribution is 5.40. The van der Waals surface area contributed by atoms with Crippen molar-refractivity contribution in [2.45, 2.75) is 26.4 Å². The second kappa shape index (κ2) is 5.19. The molecule has 18 heavy (non-hydrogen) atoms. The van der Waals surface area contributed by atoms with Crippen molar-refractivity contribution >= 4 is 5.82 Å². The van der Waals surface area contributed by atoms with E-state index in [1.54, 1.807) is 6.20 Å². The molecule has 0 amide bonds. The molecule has 0 saturated heterocycles. The third kappa shape index (κ3) is 2.68. The molecule has 0 spiro atoms. The number of pyridine rings is 1. The summed E-state index contributed by atoms with van der Waals surface area (Å²) in [5.74, 6) is 0.487. The van der Waals surface area contributed by atoms with Gasteiger partial charge in [-0.25, -0.2) is 4.98 Å². The first-order valence-corrected chi connectivity index (χ1v) is 6.02. The number of aromatic nitrogens is 1. The Morgan fingerprint density at radius 1 is 1.28 bits per heavy atom. The number of nitrogens with zero attached hydrogens (tertiary/aromatic N) is 1. The molecule has 1 atom stereocenters. The molecular weight excluding hydrogens is 224 g/mol. The number of aliphatic hydroxyl groups excluding tert-OH is 1. The zero-order chi connectivity index (χ0) is 13.1. The second-order valence-corrected chi connectivity index (χ2v) is 4.63. The maximum Gasteiger partial charge on any atom is 0.126 e. The van der Waals surface area contributed by atoms with E-state index in [0.717, 1.165) is 16.7 Å². The molecule has 0 saturated carbocycles. The monoisotopic (exact) mass is 242 g/mol. The number of rotatable bonds is 3. The summed E-state index contributed by atoms with van der Waals surface area (Å²) in [6, 6.07) is 9.79. The van der Waals surface area contributed by atoms with E-state index in [1.807, 2.05) is 38.1 Å². The van der Waals surface area contributed by atoms with E-state index in [0.29, 0.717) is 12.2 Å². The minimum absolute atomic E-state index is 0.487. The summed E-state index contributed by atoms with van der Waals surface area (Å²) in [6.45, 7) is 4.06. The Balaban J connectivity index is 2.22. The molecule has 3 N–H and O–H groups in total. The van der Waals surface area contributed by atoms with Crippen LogP contribution in [0.1, 0.15) is 28.4 Å². The van der Waals surface area contributed by atoms with E-state index in [9.17, 15) is 5.11 Å². The smallest absolute Gasteiger partial charge is 0.126 e. The zero-order valence-corrected chi connectivity index (χ0v) is 10.7. The van der Waals surface area contributed by atoms with Crippen LogP contribution in [0, 0.1) is 13.8 Å². The quantitative estimate of drug-likeness (QED) is 0.869. The molecule has 0 aliphatic heterocycles. The van der Waals surface area contributed by atoms with E-state index in [1.165, 1.54) is 5.56 Å². The van der Waals surface area contributed by atoms with Crippen LogP contribution < -0.4 is 5.73 Å². The number of hydrogen-bond acceptors (Lipinski definition) is 3. The van der Waals surface area contributed by atoms with Gasteiger partial charge in [0.25, 0.3) is 0 Å². The first-order valence-electron chi connectivity index (χ1n) is 6.02. The lowest BCUT2D eigenvalue weighted by atomic mass is 9.97. The maximum absolute atomic E-state index is 10.3. The lowest BCUT2D eigenvalue weighted by molar-refractivity contribution is 0.178. The van der Waals surface area contributed by atoms with Gasteiger partial charge in [0.2, 0.25) is 0 Å². The van der Waals surface area contributed by atoms with E-state index in [4.69, 9.17) is 5.73 Å². The van der Waals surface area contributed by atoms with E-state index in [-0.39, 0.29) is 0 Å². The molecule has 94 valence electrons. The topological polar surface area (TPSA) is 59.1 Å². The molecule has 1 heterocycles. The van der Waals surface area contributed by atoms with Crippen molar-refractivity contribution in [3.63, 3.8) is 0 Å². The normalized spacial score (nSPS) is 12.4. The van der Waals surface area contributed by atoms with Gasteiger partial charge in [0.1, 0.15) is 5.82 Å². The average Bonchev–Trinajstić information content (AvgIpc) is 2.32. The van der Waals surface area contributed by atoms with Crippen LogP contribution >= 0.6 is 0 Å². The third-order valence-corrected chi connectivity index (χ3v) is 3.12. The molecule has 2 aromatic rings. The van der Waals surface area contributed by atoms with Gasteiger partial charge < -0.3 is 10.8 Å². The predicted molar refractivity (Wildman–Crippen MR) is 73.2 cm³/mol. The Kier molecular flexibility index (Phi) is 3.63. The van der Waals surface area contributed by atoms with Crippen LogP contribution in [0.15, 0.2) is 36.5 Å². The lowest BCUT2D eigenvalue weighted by Gasteiger charge is -2.15. The number of nitrogen functional groups attached to an aromatic ring is 1. The van der Waals surface area contributed by atoms with Crippen molar-refractivity contribution in [3.8, 4) is 0 Å². The molecule has 1 aromatic carbocycles. The molecule has 0 aliphatic rings. The third-order valence-electron chi connectivity index (χ3n) is 3.12. The van der Waals surface area contributed by atoms with Gasteiger partial charge in [0, 0.05) is 12.6 Å². The summed E-state index contributed by atoms with van der Waals surface area (Å²) < 4.78 is 0. The SMILES string of the molecule is Cc1ccc(C(O)Cc2cccnc2N)c(C)c1. The van der Waals surface area contributed by atoms with Gasteiger partial charge in [-0.05, 0) is 36.6 Å². The van der Waals surface area contributed by atoms with Gasteiger partial charge in [-0.2, -0.15) is 0 Å². The number of nitrogens with two attached hydrogens (primary N) is 1. The van der Waals surface area contributed by atoms with Gasteiger partial charge in [-0.1, -0.05) is 29.8 Å². The van der Waals surface area contributed by atoms with Crippen LogP contribution in [0.4, 0.5) is 5.82 Å². The minimum Gasteiger partial charge on any atom is -0.388 e. The van der Waals surface area contributed by atoms with Crippen molar-refractivity contribution in [1.29, 1.82) is 0 Å². The van der Waals surface area contributed by atoms with Crippen LogP contribution in [-0.2, 0) is 6.42 Å². The fourth-order valence-corrected chi connectivity index (χ4v) is 2.14. The molecule has 0 aliphatic carbocycles. The van der Waals surface area contributed by atoms with Gasteiger partial charge >= 0.3 is 0 Å². The fourth-order valence-electron chi connectivity index (χ4n) is 2.14. The summed E-state index contributed by atoms with van der Waals surface area (Å²) in [5, 5.41) is 10.3. The van der Waals surface area contributed by atoms with Crippen molar-refractivity contribution in [3.05, 3.63) is 58.8 Å². The van der Waals surface area contributed by atoms with Crippen LogP contribution in [0.25, 0.3) is 0 Å². The Morgan fingerprint density at radius 3 is 2.72 bits per heavy atom. The number of benzene rings is 1. The summed E-state index contributed by atoms with van der Waals surface area (Å²) in [7, 11) is 0. The standard InChI is InChI=1S/C15H18N2O/c1-10-5-6-13(11(2)8-10)14(18)9-12-4-3-7-17-15(12)16/h3-8,14,18H,9H2,1-2H3,(H2,16,17). The van der Waals surface area contributed by atoms with Crippen LogP contribution in [0.5, 0.6) is 0 Å². The predicted octanol–water partition coefficient (Wildman–Crippen LogP) is 2.56. The number of anilines is 1. The summed E-state index contributed by atoms with van der Waals surface area (Å²) in [6.07, 6.45) is 1.60. The zero-order valence-electron chi connectivity index (χ0n) is 10.7. The second-order valence-electron chi connectivity index (χ2n) is 4.63. The fraction of sp³-hybridized carbons (Fsp3) is 0.267. The molecular formula is C15H18N2O. The van der Waals surface area contributed by atoms with Crippen LogP contribution in [-0.4, -0.2) is 10.1 Å². The molecule has 2 rings (SSSR count). The van der Waals surface area contributed by atoms with E-state index >= 15 is 0 Å². The molecule has 1 aromatic heterocycles. The molecule has 1 unspecified atom stereocenters. The minimum atomic E-state index is -0.544. The lowest BCUT2D eigenvalue weighted by Crippen LogP contribution is -2.06. The number of hydrogen-bond donors (Lipinski definition) is 2. The molecule has 0 fully saturated rings. The largest absolute Gasteiger partial charge is 0.388 e. The highest BCUT2D eigenvalue weighted by atomic mass is 16.3. The summed E-state index contributed by atoms with van der Waals surface area (Å²) in [4.78, 5) is 4.03. The van der Waals surface area contributed by atoms with Gasteiger partial charge in [0.15, 0.2) is 0 Å². The van der Waals surface area contributed by atoms with Gasteiger partial charge in [-0.15, -0.1) is 0 Å². The van der Waals surface area contributed by atoms with E-state index < -0.39 is 6.10 Å². The van der Waals surface area contributed by atoms with Crippen molar-refractivity contribution in [2.75, 3.05) is 5.73 Å². The summed E-state index contributed by atoms with van der Waals surface area (Å²) in [5.41, 5.74) is 9.91. The van der Waals surface area contributed by atoms with Crippen LogP contribution in [0.3, 0.4) is 0 Å². The molecule has 0 bridgehead atoms. The highest BCUT2D eigenvalue weighted by Gasteiger charge is 2.13. The van der Waals surface area contributed by atoms with Crippen molar-refractivity contribution in [2.24, 2.45) is 0 Å². The Labute approximate surface area is 107 Å². The number of aryl methyl sites for hydroxylation is 2. The van der Waals surface area contributed by atoms with Crippen LogP contribution in [0.2, 0.25) is 0 Å². The Bertz CT molecular complexity index is 552. The maximum atomic E-state index is 10.3. The number of aliphatic hydroxyl groups is 1. The Morgan fingerprint density at radius 2 is 2.06 bits per heavy atom. The first-order chi connectivity index (χ1) is 8.58. The van der Waals surface area contributed by atoms with Crippen molar-refractivity contribution in [1.82, 2.24) is 4.98 Å². The van der Waals surface area contributed by atoms with Gasteiger partial charge in [0.05, 0.1) is 6.10 Å². The molecule has 3 heteroatoms. The summed E-state index contributed by atoms with van der Waals surface area (Å²) >= 11 is 0.